The van der Waals surface area contributed by atoms with Gasteiger partial charge in [0.25, 0.3) is 0 Å². The molecule has 0 saturated carbocycles. The zero-order chi connectivity index (χ0) is 19.8. The molecule has 6 heteroatoms. The van der Waals surface area contributed by atoms with Crippen molar-refractivity contribution in [3.05, 3.63) is 45.6 Å². The number of benzene rings is 1. The second-order valence-corrected chi connectivity index (χ2v) is 8.11. The summed E-state index contributed by atoms with van der Waals surface area (Å²) in [6.45, 7) is 6.13. The van der Waals surface area contributed by atoms with Crippen LogP contribution in [0.4, 0.5) is 0 Å². The summed E-state index contributed by atoms with van der Waals surface area (Å²) in [6.07, 6.45) is 1.56. The van der Waals surface area contributed by atoms with Crippen LogP contribution in [0, 0.1) is 17.2 Å². The Hall–Kier alpha value is -2.65. The van der Waals surface area contributed by atoms with E-state index >= 15 is 0 Å². The highest BCUT2D eigenvalue weighted by molar-refractivity contribution is 7.12. The van der Waals surface area contributed by atoms with Crippen LogP contribution in [0.2, 0.25) is 0 Å². The Labute approximate surface area is 164 Å². The fraction of sp³-hybridized carbons (Fsp3) is 0.381. The molecule has 1 amide bonds. The van der Waals surface area contributed by atoms with Gasteiger partial charge in [0, 0.05) is 16.8 Å². The van der Waals surface area contributed by atoms with Crippen LogP contribution >= 0.6 is 11.3 Å². The van der Waals surface area contributed by atoms with Crippen molar-refractivity contribution in [1.82, 2.24) is 4.90 Å². The summed E-state index contributed by atoms with van der Waals surface area (Å²) in [6, 6.07) is 11.9. The summed E-state index contributed by atoms with van der Waals surface area (Å²) in [5.74, 6) is 0.00935. The summed E-state index contributed by atoms with van der Waals surface area (Å²) in [5.41, 5.74) is 8.12. The van der Waals surface area contributed by atoms with Gasteiger partial charge in [-0.05, 0) is 49.1 Å². The van der Waals surface area contributed by atoms with Crippen molar-refractivity contribution in [3.63, 3.8) is 0 Å². The molecule has 1 aromatic heterocycles. The molecule has 1 aliphatic rings. The Bertz CT molecular complexity index is 955. The van der Waals surface area contributed by atoms with Crippen LogP contribution in [0.25, 0.3) is 11.1 Å². The number of aryl methyl sites for hydroxylation is 1. The highest BCUT2D eigenvalue weighted by atomic mass is 32.1. The molecule has 3 rings (SSSR count). The normalized spacial score (nSPS) is 22.5. The van der Waals surface area contributed by atoms with E-state index in [0.29, 0.717) is 12.0 Å². The van der Waals surface area contributed by atoms with Gasteiger partial charge in [-0.3, -0.25) is 9.69 Å². The molecule has 0 bridgehead atoms. The molecule has 1 aliphatic heterocycles. The van der Waals surface area contributed by atoms with Crippen molar-refractivity contribution in [3.8, 4) is 17.2 Å². The molecule has 0 aliphatic carbocycles. The number of carbonyl (C=O) groups excluding carboxylic acids is 1. The monoisotopic (exact) mass is 380 g/mol. The zero-order valence-electron chi connectivity index (χ0n) is 16.1. The third-order valence-electron chi connectivity index (χ3n) is 5.34. The van der Waals surface area contributed by atoms with Gasteiger partial charge in [-0.1, -0.05) is 26.0 Å². The predicted molar refractivity (Wildman–Crippen MR) is 109 cm³/mol. The summed E-state index contributed by atoms with van der Waals surface area (Å²) in [7, 11) is 1.67. The van der Waals surface area contributed by atoms with E-state index in [1.165, 1.54) is 9.78 Å². The molecule has 1 aromatic carbocycles. The van der Waals surface area contributed by atoms with E-state index < -0.39 is 5.54 Å². The molecule has 0 saturated heterocycles. The number of rotatable bonds is 4. The number of thiophene rings is 1. The Morgan fingerprint density at radius 3 is 2.74 bits per heavy atom. The zero-order valence-corrected chi connectivity index (χ0v) is 16.9. The van der Waals surface area contributed by atoms with Crippen molar-refractivity contribution in [1.29, 1.82) is 5.26 Å². The van der Waals surface area contributed by atoms with Crippen LogP contribution in [-0.4, -0.2) is 23.8 Å². The van der Waals surface area contributed by atoms with Crippen LogP contribution in [0.3, 0.4) is 0 Å². The maximum atomic E-state index is 12.8. The lowest BCUT2D eigenvalue weighted by Gasteiger charge is -2.39. The van der Waals surface area contributed by atoms with Crippen molar-refractivity contribution in [2.75, 3.05) is 7.05 Å². The molecule has 27 heavy (non-hydrogen) atoms. The minimum Gasteiger partial charge on any atom is -0.369 e. The van der Waals surface area contributed by atoms with E-state index in [0.717, 1.165) is 22.4 Å². The standard InChI is InChI=1S/C21H24N4OS/c1-5-16-19(26)25(4)20(23)24-21(16,3)18-11-15(17(6-2)27-18)14-9-7-8-13(10-14)12-22/h7-11,16H,5-6H2,1-4H3,(H2,23,24)/t16?,21-/m0/s1. The maximum Gasteiger partial charge on any atom is 0.234 e. The summed E-state index contributed by atoms with van der Waals surface area (Å²) >= 11 is 1.68. The first-order valence-electron chi connectivity index (χ1n) is 9.12. The summed E-state index contributed by atoms with van der Waals surface area (Å²) in [5, 5.41) is 9.21. The molecule has 140 valence electrons. The molecule has 2 N–H and O–H groups in total. The minimum absolute atomic E-state index is 0.00646. The molecular weight excluding hydrogens is 356 g/mol. The quantitative estimate of drug-likeness (QED) is 0.874. The van der Waals surface area contributed by atoms with Crippen molar-refractivity contribution in [2.45, 2.75) is 39.2 Å². The van der Waals surface area contributed by atoms with Crippen LogP contribution in [0.5, 0.6) is 0 Å². The fourth-order valence-corrected chi connectivity index (χ4v) is 4.99. The van der Waals surface area contributed by atoms with Gasteiger partial charge in [-0.15, -0.1) is 11.3 Å². The number of nitriles is 1. The van der Waals surface area contributed by atoms with E-state index in [9.17, 15) is 10.1 Å². The van der Waals surface area contributed by atoms with Crippen molar-refractivity contribution >= 4 is 23.2 Å². The molecular formula is C21H24N4OS. The third-order valence-corrected chi connectivity index (χ3v) is 6.84. The second kappa shape index (κ2) is 7.16. The number of amides is 1. The van der Waals surface area contributed by atoms with E-state index in [2.05, 4.69) is 19.1 Å². The van der Waals surface area contributed by atoms with Gasteiger partial charge in [-0.2, -0.15) is 5.26 Å². The molecule has 0 spiro atoms. The molecule has 2 heterocycles. The Morgan fingerprint density at radius 1 is 1.37 bits per heavy atom. The number of aliphatic imine (C=N–C) groups is 1. The van der Waals surface area contributed by atoms with Crippen LogP contribution in [-0.2, 0) is 16.8 Å². The average Bonchev–Trinajstić information content (AvgIpc) is 3.12. The number of hydrogen-bond donors (Lipinski definition) is 1. The molecule has 5 nitrogen and oxygen atoms in total. The van der Waals surface area contributed by atoms with Crippen LogP contribution < -0.4 is 5.73 Å². The maximum absolute atomic E-state index is 12.8. The Balaban J connectivity index is 2.16. The van der Waals surface area contributed by atoms with E-state index in [1.807, 2.05) is 32.0 Å². The lowest BCUT2D eigenvalue weighted by molar-refractivity contribution is -0.134. The molecule has 2 atom stereocenters. The Kier molecular flexibility index (Phi) is 5.07. The number of nitrogens with two attached hydrogens (primary N) is 1. The van der Waals surface area contributed by atoms with Gasteiger partial charge in [0.2, 0.25) is 5.91 Å². The van der Waals surface area contributed by atoms with E-state index in [-0.39, 0.29) is 17.8 Å². The van der Waals surface area contributed by atoms with Gasteiger partial charge in [0.05, 0.1) is 17.6 Å². The summed E-state index contributed by atoms with van der Waals surface area (Å²) in [4.78, 5) is 21.2. The highest BCUT2D eigenvalue weighted by Gasteiger charge is 2.46. The smallest absolute Gasteiger partial charge is 0.234 e. The van der Waals surface area contributed by atoms with Crippen LogP contribution in [0.15, 0.2) is 35.3 Å². The number of nitrogens with zero attached hydrogens (tertiary/aromatic N) is 3. The lowest BCUT2D eigenvalue weighted by atomic mass is 9.80. The Morgan fingerprint density at radius 2 is 2.11 bits per heavy atom. The third kappa shape index (κ3) is 3.13. The fourth-order valence-electron chi connectivity index (χ4n) is 3.72. The molecule has 2 aromatic rings. The topological polar surface area (TPSA) is 82.5 Å². The van der Waals surface area contributed by atoms with Crippen molar-refractivity contribution in [2.24, 2.45) is 16.6 Å². The van der Waals surface area contributed by atoms with E-state index in [1.54, 1.807) is 24.5 Å². The van der Waals surface area contributed by atoms with Crippen molar-refractivity contribution < 1.29 is 4.79 Å². The predicted octanol–water partition coefficient (Wildman–Crippen LogP) is 3.88. The number of carbonyl (C=O) groups is 1. The number of guanidine groups is 1. The van der Waals surface area contributed by atoms with Gasteiger partial charge < -0.3 is 5.73 Å². The molecule has 1 unspecified atom stereocenters. The van der Waals surface area contributed by atoms with Gasteiger partial charge in [0.1, 0.15) is 5.54 Å². The summed E-state index contributed by atoms with van der Waals surface area (Å²) < 4.78 is 0. The van der Waals surface area contributed by atoms with E-state index in [4.69, 9.17) is 10.7 Å². The first-order valence-corrected chi connectivity index (χ1v) is 9.93. The highest BCUT2D eigenvalue weighted by Crippen LogP contribution is 2.45. The van der Waals surface area contributed by atoms with Gasteiger partial charge in [0.15, 0.2) is 5.96 Å². The van der Waals surface area contributed by atoms with Gasteiger partial charge >= 0.3 is 0 Å². The largest absolute Gasteiger partial charge is 0.369 e. The lowest BCUT2D eigenvalue weighted by Crippen LogP contribution is -2.53. The first kappa shape index (κ1) is 19.1. The number of hydrogen-bond acceptors (Lipinski definition) is 5. The van der Waals surface area contributed by atoms with Crippen LogP contribution in [0.1, 0.15) is 42.5 Å². The second-order valence-electron chi connectivity index (χ2n) is 6.97. The SMILES string of the molecule is CCc1sc([C@@]2(C)N=C(N)N(C)C(=O)C2CC)cc1-c1cccc(C#N)c1. The molecule has 0 fully saturated rings. The average molecular weight is 381 g/mol. The van der Waals surface area contributed by atoms with Gasteiger partial charge in [-0.25, -0.2) is 4.99 Å². The molecule has 0 radical (unpaired) electrons. The first-order chi connectivity index (χ1) is 12.8. The minimum atomic E-state index is -0.678.